The molecule has 1 aromatic rings. The Morgan fingerprint density at radius 1 is 1.25 bits per heavy atom. The molecule has 1 aromatic carbocycles. The summed E-state index contributed by atoms with van der Waals surface area (Å²) in [5, 5.41) is 0. The van der Waals surface area contributed by atoms with E-state index in [1.807, 2.05) is 0 Å². The van der Waals surface area contributed by atoms with Crippen LogP contribution in [-0.4, -0.2) is 12.7 Å². The van der Waals surface area contributed by atoms with E-state index in [0.29, 0.717) is 12.0 Å². The Morgan fingerprint density at radius 2 is 2.00 bits per heavy atom. The van der Waals surface area contributed by atoms with E-state index in [0.717, 1.165) is 12.5 Å². The van der Waals surface area contributed by atoms with Gasteiger partial charge in [0.05, 0.1) is 6.10 Å². The molecule has 1 aliphatic rings. The highest BCUT2D eigenvalue weighted by Crippen LogP contribution is 2.32. The predicted molar refractivity (Wildman–Crippen MR) is 67.6 cm³/mol. The zero-order valence-electron chi connectivity index (χ0n) is 10.4. The summed E-state index contributed by atoms with van der Waals surface area (Å²) in [4.78, 5) is 0. The van der Waals surface area contributed by atoms with Gasteiger partial charge >= 0.3 is 0 Å². The van der Waals surface area contributed by atoms with Gasteiger partial charge < -0.3 is 4.74 Å². The van der Waals surface area contributed by atoms with Crippen LogP contribution in [0.15, 0.2) is 30.3 Å². The Bertz CT molecular complexity index is 304. The lowest BCUT2D eigenvalue weighted by Crippen LogP contribution is -2.25. The number of hydrogen-bond donors (Lipinski definition) is 0. The second-order valence-electron chi connectivity index (χ2n) is 5.25. The van der Waals surface area contributed by atoms with E-state index in [-0.39, 0.29) is 0 Å². The summed E-state index contributed by atoms with van der Waals surface area (Å²) in [6.45, 7) is 5.47. The van der Waals surface area contributed by atoms with Crippen LogP contribution in [-0.2, 0) is 4.74 Å². The van der Waals surface area contributed by atoms with Crippen molar-refractivity contribution in [3.63, 3.8) is 0 Å². The smallest absolute Gasteiger partial charge is 0.0583 e. The van der Waals surface area contributed by atoms with E-state index >= 15 is 0 Å². The maximum absolute atomic E-state index is 5.84. The van der Waals surface area contributed by atoms with Crippen LogP contribution in [0, 0.1) is 5.92 Å². The van der Waals surface area contributed by atoms with Crippen LogP contribution in [0.1, 0.15) is 44.6 Å². The van der Waals surface area contributed by atoms with Crippen molar-refractivity contribution in [1.82, 2.24) is 0 Å². The number of benzene rings is 1. The molecule has 1 saturated heterocycles. The highest BCUT2D eigenvalue weighted by molar-refractivity contribution is 5.20. The average Bonchev–Trinajstić information content (AvgIpc) is 2.30. The van der Waals surface area contributed by atoms with Gasteiger partial charge in [0.1, 0.15) is 0 Å². The molecule has 0 aromatic heterocycles. The van der Waals surface area contributed by atoms with Crippen LogP contribution in [0.25, 0.3) is 0 Å². The van der Waals surface area contributed by atoms with E-state index in [4.69, 9.17) is 4.74 Å². The molecule has 0 bridgehead atoms. The summed E-state index contributed by atoms with van der Waals surface area (Å²) >= 11 is 0. The fourth-order valence-electron chi connectivity index (χ4n) is 2.60. The Hall–Kier alpha value is -0.820. The molecule has 1 fully saturated rings. The quantitative estimate of drug-likeness (QED) is 0.745. The minimum atomic E-state index is 0.471. The van der Waals surface area contributed by atoms with Gasteiger partial charge in [-0.1, -0.05) is 44.2 Å². The summed E-state index contributed by atoms with van der Waals surface area (Å²) in [7, 11) is 0. The summed E-state index contributed by atoms with van der Waals surface area (Å²) < 4.78 is 5.84. The van der Waals surface area contributed by atoms with Gasteiger partial charge in [0.25, 0.3) is 0 Å². The van der Waals surface area contributed by atoms with Gasteiger partial charge in [-0.3, -0.25) is 0 Å². The maximum atomic E-state index is 5.84. The molecular formula is C15H22O. The van der Waals surface area contributed by atoms with Crippen molar-refractivity contribution in [3.8, 4) is 0 Å². The standard InChI is InChI=1S/C15H22O/c1-12(2)10-15-11-14(8-9-16-15)13-6-4-3-5-7-13/h3-7,12,14-15H,8-11H2,1-2H3/t14-,15-/m1/s1. The van der Waals surface area contributed by atoms with E-state index in [1.54, 1.807) is 0 Å². The van der Waals surface area contributed by atoms with Crippen molar-refractivity contribution in [2.24, 2.45) is 5.92 Å². The molecule has 0 unspecified atom stereocenters. The zero-order chi connectivity index (χ0) is 11.4. The molecule has 1 heterocycles. The third kappa shape index (κ3) is 3.08. The molecule has 2 rings (SSSR count). The lowest BCUT2D eigenvalue weighted by molar-refractivity contribution is -0.00476. The third-order valence-electron chi connectivity index (χ3n) is 3.37. The summed E-state index contributed by atoms with van der Waals surface area (Å²) in [5.41, 5.74) is 1.49. The second kappa shape index (κ2) is 5.49. The third-order valence-corrected chi connectivity index (χ3v) is 3.37. The van der Waals surface area contributed by atoms with Gasteiger partial charge in [-0.25, -0.2) is 0 Å². The zero-order valence-corrected chi connectivity index (χ0v) is 10.4. The average molecular weight is 218 g/mol. The maximum Gasteiger partial charge on any atom is 0.0583 e. The number of rotatable bonds is 3. The Labute approximate surface area is 98.8 Å². The van der Waals surface area contributed by atoms with Crippen molar-refractivity contribution in [2.75, 3.05) is 6.61 Å². The minimum absolute atomic E-state index is 0.471. The van der Waals surface area contributed by atoms with Crippen LogP contribution in [0.5, 0.6) is 0 Å². The molecule has 0 aliphatic carbocycles. The predicted octanol–water partition coefficient (Wildman–Crippen LogP) is 4.00. The molecular weight excluding hydrogens is 196 g/mol. The number of hydrogen-bond acceptors (Lipinski definition) is 1. The van der Waals surface area contributed by atoms with Crippen LogP contribution in [0.2, 0.25) is 0 Å². The van der Waals surface area contributed by atoms with Crippen LogP contribution < -0.4 is 0 Å². The van der Waals surface area contributed by atoms with Gasteiger partial charge in [0.15, 0.2) is 0 Å². The fourth-order valence-corrected chi connectivity index (χ4v) is 2.60. The molecule has 0 radical (unpaired) electrons. The molecule has 1 aliphatic heterocycles. The largest absolute Gasteiger partial charge is 0.378 e. The first kappa shape index (κ1) is 11.7. The van der Waals surface area contributed by atoms with E-state index in [9.17, 15) is 0 Å². The molecule has 0 N–H and O–H groups in total. The molecule has 16 heavy (non-hydrogen) atoms. The topological polar surface area (TPSA) is 9.23 Å². The summed E-state index contributed by atoms with van der Waals surface area (Å²) in [6, 6.07) is 10.9. The normalized spacial score (nSPS) is 25.9. The van der Waals surface area contributed by atoms with Gasteiger partial charge in [0, 0.05) is 6.61 Å². The highest BCUT2D eigenvalue weighted by atomic mass is 16.5. The van der Waals surface area contributed by atoms with Crippen molar-refractivity contribution in [1.29, 1.82) is 0 Å². The van der Waals surface area contributed by atoms with Crippen LogP contribution in [0.4, 0.5) is 0 Å². The van der Waals surface area contributed by atoms with Crippen molar-refractivity contribution < 1.29 is 4.74 Å². The molecule has 0 spiro atoms. The molecule has 1 heteroatoms. The number of ether oxygens (including phenoxy) is 1. The lowest BCUT2D eigenvalue weighted by Gasteiger charge is -2.30. The first-order valence-corrected chi connectivity index (χ1v) is 6.42. The lowest BCUT2D eigenvalue weighted by atomic mass is 9.86. The Kier molecular flexibility index (Phi) is 4.00. The van der Waals surface area contributed by atoms with Crippen molar-refractivity contribution >= 4 is 0 Å². The van der Waals surface area contributed by atoms with E-state index in [1.165, 1.54) is 24.8 Å². The summed E-state index contributed by atoms with van der Waals surface area (Å²) in [6.07, 6.45) is 4.04. The molecule has 88 valence electrons. The minimum Gasteiger partial charge on any atom is -0.378 e. The Balaban J connectivity index is 1.97. The van der Waals surface area contributed by atoms with E-state index in [2.05, 4.69) is 44.2 Å². The first-order valence-electron chi connectivity index (χ1n) is 6.42. The first-order chi connectivity index (χ1) is 7.75. The van der Waals surface area contributed by atoms with E-state index < -0.39 is 0 Å². The monoisotopic (exact) mass is 218 g/mol. The van der Waals surface area contributed by atoms with Crippen molar-refractivity contribution in [3.05, 3.63) is 35.9 Å². The van der Waals surface area contributed by atoms with Gasteiger partial charge in [-0.15, -0.1) is 0 Å². The fraction of sp³-hybridized carbons (Fsp3) is 0.600. The Morgan fingerprint density at radius 3 is 2.69 bits per heavy atom. The molecule has 0 saturated carbocycles. The van der Waals surface area contributed by atoms with Crippen molar-refractivity contribution in [2.45, 2.75) is 45.1 Å². The SMILES string of the molecule is CC(C)C[C@@H]1C[C@H](c2ccccc2)CCO1. The molecule has 0 amide bonds. The van der Waals surface area contributed by atoms with Gasteiger partial charge in [-0.2, -0.15) is 0 Å². The molecule has 1 nitrogen and oxygen atoms in total. The van der Waals surface area contributed by atoms with Crippen LogP contribution in [0.3, 0.4) is 0 Å². The van der Waals surface area contributed by atoms with Gasteiger partial charge in [-0.05, 0) is 36.7 Å². The second-order valence-corrected chi connectivity index (χ2v) is 5.25. The van der Waals surface area contributed by atoms with Crippen LogP contribution >= 0.6 is 0 Å². The van der Waals surface area contributed by atoms with Gasteiger partial charge in [0.2, 0.25) is 0 Å². The highest BCUT2D eigenvalue weighted by Gasteiger charge is 2.24. The summed E-state index contributed by atoms with van der Waals surface area (Å²) in [5.74, 6) is 1.44. The molecule has 2 atom stereocenters.